The number of carbonyl (C=O) groups is 1. The molecule has 1 unspecified atom stereocenters. The van der Waals surface area contributed by atoms with Crippen molar-refractivity contribution in [3.63, 3.8) is 0 Å². The molecule has 1 aliphatic rings. The molecule has 0 fully saturated rings. The zero-order valence-corrected chi connectivity index (χ0v) is 13.3. The highest BCUT2D eigenvalue weighted by molar-refractivity contribution is 6.16. The molecule has 118 valence electrons. The van der Waals surface area contributed by atoms with Gasteiger partial charge in [-0.05, 0) is 35.4 Å². The van der Waals surface area contributed by atoms with E-state index in [0.29, 0.717) is 0 Å². The minimum Gasteiger partial charge on any atom is -0.508 e. The lowest BCUT2D eigenvalue weighted by Gasteiger charge is -2.37. The highest BCUT2D eigenvalue weighted by Gasteiger charge is 2.52. The molecule has 0 radical (unpaired) electrons. The maximum absolute atomic E-state index is 13.5. The van der Waals surface area contributed by atoms with Crippen LogP contribution in [0.3, 0.4) is 0 Å². The lowest BCUT2D eigenvalue weighted by atomic mass is 9.79. The number of nitrogens with zero attached hydrogens (tertiary/aromatic N) is 1. The lowest BCUT2D eigenvalue weighted by molar-refractivity contribution is 0.0928. The predicted molar refractivity (Wildman–Crippen MR) is 94.5 cm³/mol. The van der Waals surface area contributed by atoms with E-state index in [-0.39, 0.29) is 11.5 Å². The van der Waals surface area contributed by atoms with Crippen molar-refractivity contribution in [2.75, 3.05) is 11.9 Å². The number of likely N-dealkylation sites (N-methyl/N-ethyl adjacent to an activating group) is 1. The van der Waals surface area contributed by atoms with E-state index in [9.17, 15) is 9.90 Å². The summed E-state index contributed by atoms with van der Waals surface area (Å²) in [6, 6.07) is 24.4. The van der Waals surface area contributed by atoms with Crippen molar-refractivity contribution in [1.29, 1.82) is 0 Å². The molecule has 3 aromatic carbocycles. The number of anilines is 1. The molecule has 0 aliphatic carbocycles. The number of hydrogen-bond donors (Lipinski definition) is 1. The Kier molecular flexibility index (Phi) is 3.17. The molecule has 3 aromatic rings. The fraction of sp³-hybridized carbons (Fsp3) is 0.0952. The average Bonchev–Trinajstić information content (AvgIpc) is 2.86. The first kappa shape index (κ1) is 14.5. The van der Waals surface area contributed by atoms with Crippen LogP contribution in [0.4, 0.5) is 5.69 Å². The summed E-state index contributed by atoms with van der Waals surface area (Å²) in [5.41, 5.74) is 2.48. The Morgan fingerprint density at radius 3 is 2.04 bits per heavy atom. The quantitative estimate of drug-likeness (QED) is 0.778. The number of Topliss-reactive ketones (excluding diaryl/α,β-unsaturated/α-hetero) is 1. The van der Waals surface area contributed by atoms with Gasteiger partial charge in [-0.3, -0.25) is 4.79 Å². The molecule has 0 saturated heterocycles. The Hall–Kier alpha value is -3.07. The van der Waals surface area contributed by atoms with Crippen molar-refractivity contribution in [3.05, 3.63) is 95.6 Å². The molecule has 1 N–H and O–H groups in total. The Morgan fingerprint density at radius 1 is 0.792 bits per heavy atom. The van der Waals surface area contributed by atoms with E-state index in [4.69, 9.17) is 0 Å². The summed E-state index contributed by atoms with van der Waals surface area (Å²) in [6.07, 6.45) is 0. The molecule has 3 nitrogen and oxygen atoms in total. The standard InChI is InChI=1S/C21H17NO2/c1-22-19-10-6-5-9-18(19)20(24)21(22,15-7-3-2-4-8-15)16-11-13-17(23)14-12-16/h2-14,23H,1H3. The molecular formula is C21H17NO2. The van der Waals surface area contributed by atoms with Crippen LogP contribution in [-0.2, 0) is 5.54 Å². The number of rotatable bonds is 2. The van der Waals surface area contributed by atoms with E-state index in [0.717, 1.165) is 22.4 Å². The van der Waals surface area contributed by atoms with Crippen molar-refractivity contribution >= 4 is 11.5 Å². The Balaban J connectivity index is 2.04. The van der Waals surface area contributed by atoms with E-state index in [1.54, 1.807) is 12.1 Å². The number of fused-ring (bicyclic) bond motifs is 1. The molecule has 0 amide bonds. The number of ketones is 1. The number of benzene rings is 3. The molecule has 0 spiro atoms. The van der Waals surface area contributed by atoms with Gasteiger partial charge in [0.1, 0.15) is 5.75 Å². The smallest absolute Gasteiger partial charge is 0.199 e. The second kappa shape index (κ2) is 5.24. The fourth-order valence-corrected chi connectivity index (χ4v) is 3.68. The average molecular weight is 315 g/mol. The molecule has 0 bridgehead atoms. The van der Waals surface area contributed by atoms with Gasteiger partial charge in [-0.1, -0.05) is 54.6 Å². The molecule has 24 heavy (non-hydrogen) atoms. The normalized spacial score (nSPS) is 19.4. The summed E-state index contributed by atoms with van der Waals surface area (Å²) >= 11 is 0. The second-order valence-corrected chi connectivity index (χ2v) is 6.03. The second-order valence-electron chi connectivity index (χ2n) is 6.03. The van der Waals surface area contributed by atoms with Gasteiger partial charge >= 0.3 is 0 Å². The number of carbonyl (C=O) groups excluding carboxylic acids is 1. The van der Waals surface area contributed by atoms with Crippen molar-refractivity contribution in [2.24, 2.45) is 0 Å². The SMILES string of the molecule is CN1c2ccccc2C(=O)C1(c1ccccc1)c1ccc(O)cc1. The zero-order valence-electron chi connectivity index (χ0n) is 13.3. The number of phenolic OH excluding ortho intramolecular Hbond substituents is 1. The van der Waals surface area contributed by atoms with E-state index in [1.165, 1.54) is 0 Å². The Labute approximate surface area is 140 Å². The molecule has 1 aliphatic heterocycles. The van der Waals surface area contributed by atoms with Gasteiger partial charge in [0.2, 0.25) is 0 Å². The van der Waals surface area contributed by atoms with Crippen LogP contribution in [0.2, 0.25) is 0 Å². The monoisotopic (exact) mass is 315 g/mol. The van der Waals surface area contributed by atoms with E-state index in [2.05, 4.69) is 0 Å². The van der Waals surface area contributed by atoms with Crippen molar-refractivity contribution in [2.45, 2.75) is 5.54 Å². The van der Waals surface area contributed by atoms with E-state index < -0.39 is 5.54 Å². The molecule has 0 saturated carbocycles. The zero-order chi connectivity index (χ0) is 16.7. The van der Waals surface area contributed by atoms with Gasteiger partial charge in [0.15, 0.2) is 11.3 Å². The Bertz CT molecular complexity index is 903. The summed E-state index contributed by atoms with van der Waals surface area (Å²) in [7, 11) is 1.95. The molecule has 3 heteroatoms. The summed E-state index contributed by atoms with van der Waals surface area (Å²) in [4.78, 5) is 15.5. The third-order valence-corrected chi connectivity index (χ3v) is 4.82. The minimum absolute atomic E-state index is 0.0532. The van der Waals surface area contributed by atoms with E-state index in [1.807, 2.05) is 78.7 Å². The highest BCUT2D eigenvalue weighted by atomic mass is 16.3. The van der Waals surface area contributed by atoms with Crippen LogP contribution in [-0.4, -0.2) is 17.9 Å². The fourth-order valence-electron chi connectivity index (χ4n) is 3.68. The summed E-state index contributed by atoms with van der Waals surface area (Å²) in [5, 5.41) is 9.66. The number of aromatic hydroxyl groups is 1. The number of hydrogen-bond acceptors (Lipinski definition) is 3. The van der Waals surface area contributed by atoms with Gasteiger partial charge in [-0.15, -0.1) is 0 Å². The van der Waals surface area contributed by atoms with Gasteiger partial charge in [0, 0.05) is 18.3 Å². The van der Waals surface area contributed by atoms with Crippen molar-refractivity contribution in [1.82, 2.24) is 0 Å². The van der Waals surface area contributed by atoms with Gasteiger partial charge in [0.05, 0.1) is 0 Å². The minimum atomic E-state index is -0.918. The third-order valence-electron chi connectivity index (χ3n) is 4.82. The first-order chi connectivity index (χ1) is 11.7. The van der Waals surface area contributed by atoms with Gasteiger partial charge in [-0.2, -0.15) is 0 Å². The molecule has 1 atom stereocenters. The van der Waals surface area contributed by atoms with Gasteiger partial charge < -0.3 is 10.0 Å². The molecule has 0 aromatic heterocycles. The van der Waals surface area contributed by atoms with Crippen molar-refractivity contribution in [3.8, 4) is 5.75 Å². The summed E-state index contributed by atoms with van der Waals surface area (Å²) in [6.45, 7) is 0. The summed E-state index contributed by atoms with van der Waals surface area (Å²) < 4.78 is 0. The molecule has 4 rings (SSSR count). The first-order valence-electron chi connectivity index (χ1n) is 7.88. The van der Waals surface area contributed by atoms with Crippen LogP contribution in [0.5, 0.6) is 5.75 Å². The maximum Gasteiger partial charge on any atom is 0.199 e. The van der Waals surface area contributed by atoms with Crippen molar-refractivity contribution < 1.29 is 9.90 Å². The highest BCUT2D eigenvalue weighted by Crippen LogP contribution is 2.48. The Morgan fingerprint density at radius 2 is 1.38 bits per heavy atom. The van der Waals surface area contributed by atoms with Crippen LogP contribution in [0.25, 0.3) is 0 Å². The van der Waals surface area contributed by atoms with Gasteiger partial charge in [-0.25, -0.2) is 0 Å². The first-order valence-corrected chi connectivity index (χ1v) is 7.88. The van der Waals surface area contributed by atoms with Gasteiger partial charge in [0.25, 0.3) is 0 Å². The number of phenols is 1. The lowest BCUT2D eigenvalue weighted by Crippen LogP contribution is -2.46. The van der Waals surface area contributed by atoms with Crippen LogP contribution < -0.4 is 4.90 Å². The topological polar surface area (TPSA) is 40.5 Å². The van der Waals surface area contributed by atoms with E-state index >= 15 is 0 Å². The summed E-state index contributed by atoms with van der Waals surface area (Å²) in [5.74, 6) is 0.241. The molecule has 1 heterocycles. The largest absolute Gasteiger partial charge is 0.508 e. The van der Waals surface area contributed by atoms with Crippen LogP contribution >= 0.6 is 0 Å². The van der Waals surface area contributed by atoms with Crippen LogP contribution in [0.15, 0.2) is 78.9 Å². The van der Waals surface area contributed by atoms with Crippen LogP contribution in [0, 0.1) is 0 Å². The maximum atomic E-state index is 13.5. The van der Waals surface area contributed by atoms with Crippen LogP contribution in [0.1, 0.15) is 21.5 Å². The number of para-hydroxylation sites is 1. The predicted octanol–water partition coefficient (Wildman–Crippen LogP) is 3.97. The molecular weight excluding hydrogens is 298 g/mol. The third kappa shape index (κ3) is 1.81.